The Bertz CT molecular complexity index is 348. The summed E-state index contributed by atoms with van der Waals surface area (Å²) in [7, 11) is 1.65. The molecule has 1 unspecified atom stereocenters. The molecular weight excluding hydrogens is 158 g/mol. The number of aryl methyl sites for hydroxylation is 2. The minimum atomic E-state index is -0.0667. The van der Waals surface area contributed by atoms with E-state index in [1.807, 2.05) is 6.92 Å². The van der Waals surface area contributed by atoms with E-state index in [1.54, 1.807) is 11.6 Å². The van der Waals surface area contributed by atoms with Gasteiger partial charge < -0.3 is 4.74 Å². The third-order valence-corrected chi connectivity index (χ3v) is 1.98. The zero-order chi connectivity index (χ0) is 8.72. The van der Waals surface area contributed by atoms with Gasteiger partial charge in [-0.15, -0.1) is 0 Å². The first-order chi connectivity index (χ1) is 5.68. The van der Waals surface area contributed by atoms with E-state index in [0.717, 1.165) is 12.4 Å². The van der Waals surface area contributed by atoms with Crippen LogP contribution in [0.15, 0.2) is 4.79 Å². The molecule has 1 aliphatic heterocycles. The van der Waals surface area contributed by atoms with Crippen molar-refractivity contribution >= 4 is 0 Å². The van der Waals surface area contributed by atoms with E-state index in [-0.39, 0.29) is 11.8 Å². The second-order valence-electron chi connectivity index (χ2n) is 3.02. The standard InChI is InChI=1S/C7H11N3O2/c1-5-8-9(2)7(11)10(5)3-6-4-12-6/h6H,3-4H2,1-2H3. The maximum atomic E-state index is 11.4. The van der Waals surface area contributed by atoms with Gasteiger partial charge in [-0.25, -0.2) is 9.48 Å². The van der Waals surface area contributed by atoms with Crippen molar-refractivity contribution in [3.05, 3.63) is 16.3 Å². The van der Waals surface area contributed by atoms with Crippen LogP contribution in [0.1, 0.15) is 5.82 Å². The lowest BCUT2D eigenvalue weighted by Gasteiger charge is -1.96. The molecule has 0 bridgehead atoms. The van der Waals surface area contributed by atoms with Gasteiger partial charge in [-0.05, 0) is 6.92 Å². The molecule has 0 aromatic carbocycles. The molecule has 0 saturated carbocycles. The first-order valence-electron chi connectivity index (χ1n) is 3.90. The zero-order valence-corrected chi connectivity index (χ0v) is 7.15. The maximum absolute atomic E-state index is 11.4. The van der Waals surface area contributed by atoms with Gasteiger partial charge in [0.2, 0.25) is 0 Å². The Morgan fingerprint density at radius 1 is 1.75 bits per heavy atom. The highest BCUT2D eigenvalue weighted by atomic mass is 16.6. The monoisotopic (exact) mass is 169 g/mol. The molecule has 12 heavy (non-hydrogen) atoms. The van der Waals surface area contributed by atoms with Crippen LogP contribution in [0.5, 0.6) is 0 Å². The van der Waals surface area contributed by atoms with Crippen LogP contribution in [0.2, 0.25) is 0 Å². The summed E-state index contributed by atoms with van der Waals surface area (Å²) >= 11 is 0. The minimum absolute atomic E-state index is 0.0667. The van der Waals surface area contributed by atoms with Crippen LogP contribution in [0.25, 0.3) is 0 Å². The van der Waals surface area contributed by atoms with E-state index in [0.29, 0.717) is 6.54 Å². The second kappa shape index (κ2) is 2.45. The molecule has 5 heteroatoms. The van der Waals surface area contributed by atoms with E-state index in [9.17, 15) is 4.79 Å². The molecule has 1 aromatic heterocycles. The van der Waals surface area contributed by atoms with Gasteiger partial charge in [-0.3, -0.25) is 4.57 Å². The molecule has 0 N–H and O–H groups in total. The normalized spacial score (nSPS) is 21.3. The largest absolute Gasteiger partial charge is 0.371 e. The summed E-state index contributed by atoms with van der Waals surface area (Å²) in [6.45, 7) is 3.23. The fourth-order valence-corrected chi connectivity index (χ4v) is 1.21. The van der Waals surface area contributed by atoms with Gasteiger partial charge in [0.25, 0.3) is 0 Å². The lowest BCUT2D eigenvalue weighted by atomic mass is 10.4. The van der Waals surface area contributed by atoms with E-state index >= 15 is 0 Å². The average molecular weight is 169 g/mol. The van der Waals surface area contributed by atoms with Gasteiger partial charge in [0.15, 0.2) is 0 Å². The van der Waals surface area contributed by atoms with E-state index in [4.69, 9.17) is 4.74 Å². The molecule has 2 heterocycles. The number of nitrogens with zero attached hydrogens (tertiary/aromatic N) is 3. The Balaban J connectivity index is 2.33. The zero-order valence-electron chi connectivity index (χ0n) is 7.15. The van der Waals surface area contributed by atoms with Crippen molar-refractivity contribution in [2.24, 2.45) is 7.05 Å². The van der Waals surface area contributed by atoms with Crippen LogP contribution in [-0.4, -0.2) is 27.1 Å². The third-order valence-electron chi connectivity index (χ3n) is 1.98. The Kier molecular flexibility index (Phi) is 1.54. The van der Waals surface area contributed by atoms with Gasteiger partial charge in [-0.2, -0.15) is 5.10 Å². The number of rotatable bonds is 2. The summed E-state index contributed by atoms with van der Waals surface area (Å²) in [4.78, 5) is 11.4. The van der Waals surface area contributed by atoms with Gasteiger partial charge >= 0.3 is 5.69 Å². The molecule has 5 nitrogen and oxygen atoms in total. The van der Waals surface area contributed by atoms with E-state index in [1.165, 1.54) is 4.68 Å². The molecule has 1 saturated heterocycles. The van der Waals surface area contributed by atoms with Crippen LogP contribution in [-0.2, 0) is 18.3 Å². The van der Waals surface area contributed by atoms with Crippen molar-refractivity contribution < 1.29 is 4.74 Å². The first-order valence-corrected chi connectivity index (χ1v) is 3.90. The first kappa shape index (κ1) is 7.54. The predicted octanol–water partition coefficient (Wildman–Crippen LogP) is -0.711. The van der Waals surface area contributed by atoms with Gasteiger partial charge in [0.05, 0.1) is 19.3 Å². The fraction of sp³-hybridized carbons (Fsp3) is 0.714. The van der Waals surface area contributed by atoms with Crippen LogP contribution in [0.3, 0.4) is 0 Å². The van der Waals surface area contributed by atoms with Crippen molar-refractivity contribution in [2.75, 3.05) is 6.61 Å². The smallest absolute Gasteiger partial charge is 0.345 e. The maximum Gasteiger partial charge on any atom is 0.345 e. The van der Waals surface area contributed by atoms with Gasteiger partial charge in [0.1, 0.15) is 5.82 Å². The molecule has 66 valence electrons. The van der Waals surface area contributed by atoms with E-state index < -0.39 is 0 Å². The summed E-state index contributed by atoms with van der Waals surface area (Å²) < 4.78 is 8.02. The predicted molar refractivity (Wildman–Crippen MR) is 41.9 cm³/mol. The highest BCUT2D eigenvalue weighted by Gasteiger charge is 2.24. The summed E-state index contributed by atoms with van der Waals surface area (Å²) in [5.41, 5.74) is -0.0667. The summed E-state index contributed by atoms with van der Waals surface area (Å²) in [5, 5.41) is 4.00. The van der Waals surface area contributed by atoms with Gasteiger partial charge in [0, 0.05) is 7.05 Å². The van der Waals surface area contributed by atoms with Crippen molar-refractivity contribution in [1.29, 1.82) is 0 Å². The van der Waals surface area contributed by atoms with Crippen molar-refractivity contribution in [2.45, 2.75) is 19.6 Å². The van der Waals surface area contributed by atoms with Crippen LogP contribution >= 0.6 is 0 Å². The molecule has 0 aliphatic carbocycles. The lowest BCUT2D eigenvalue weighted by Crippen LogP contribution is -2.25. The van der Waals surface area contributed by atoms with Crippen molar-refractivity contribution in [1.82, 2.24) is 14.3 Å². The molecule has 1 aliphatic rings. The average Bonchev–Trinajstić information content (AvgIpc) is 2.77. The summed E-state index contributed by atoms with van der Waals surface area (Å²) in [6.07, 6.45) is 0.227. The minimum Gasteiger partial charge on any atom is -0.371 e. The number of ether oxygens (including phenoxy) is 1. The topological polar surface area (TPSA) is 52.4 Å². The Labute approximate surface area is 69.6 Å². The molecule has 0 spiro atoms. The number of epoxide rings is 1. The Hall–Kier alpha value is -1.10. The fourth-order valence-electron chi connectivity index (χ4n) is 1.21. The molecule has 1 atom stereocenters. The molecule has 0 amide bonds. The second-order valence-corrected chi connectivity index (χ2v) is 3.02. The van der Waals surface area contributed by atoms with Crippen molar-refractivity contribution in [3.8, 4) is 0 Å². The van der Waals surface area contributed by atoms with Crippen LogP contribution in [0, 0.1) is 6.92 Å². The number of aromatic nitrogens is 3. The summed E-state index contributed by atoms with van der Waals surface area (Å²) in [5.74, 6) is 0.748. The molecule has 1 aromatic rings. The quantitative estimate of drug-likeness (QED) is 0.549. The summed E-state index contributed by atoms with van der Waals surface area (Å²) in [6, 6.07) is 0. The Morgan fingerprint density at radius 3 is 2.83 bits per heavy atom. The molecule has 2 rings (SSSR count). The van der Waals surface area contributed by atoms with Crippen LogP contribution < -0.4 is 5.69 Å². The number of hydrogen-bond donors (Lipinski definition) is 0. The lowest BCUT2D eigenvalue weighted by molar-refractivity contribution is 0.378. The SMILES string of the molecule is Cc1nn(C)c(=O)n1CC1CO1. The van der Waals surface area contributed by atoms with Gasteiger partial charge in [-0.1, -0.05) is 0 Å². The van der Waals surface area contributed by atoms with Crippen molar-refractivity contribution in [3.63, 3.8) is 0 Å². The van der Waals surface area contributed by atoms with E-state index in [2.05, 4.69) is 5.10 Å². The highest BCUT2D eigenvalue weighted by molar-refractivity contribution is 4.85. The molecule has 0 radical (unpaired) electrons. The van der Waals surface area contributed by atoms with Crippen LogP contribution in [0.4, 0.5) is 0 Å². The molecular formula is C7H11N3O2. The number of hydrogen-bond acceptors (Lipinski definition) is 3. The molecule has 1 fully saturated rings. The third kappa shape index (κ3) is 1.16. The highest BCUT2D eigenvalue weighted by Crippen LogP contribution is 2.10. The Morgan fingerprint density at radius 2 is 2.42 bits per heavy atom.